The number of hydrogen-bond acceptors (Lipinski definition) is 2. The summed E-state index contributed by atoms with van der Waals surface area (Å²) in [6, 6.07) is 1.85. The number of aromatic amines is 1. The van der Waals surface area contributed by atoms with Crippen LogP contribution in [0.4, 0.5) is 5.82 Å². The van der Waals surface area contributed by atoms with Crippen LogP contribution in [0.25, 0.3) is 0 Å². The maximum Gasteiger partial charge on any atom is 0.126 e. The Labute approximate surface area is 59.2 Å². The molecule has 0 spiro atoms. The Balaban J connectivity index is 2.67. The minimum absolute atomic E-state index is 0.406. The summed E-state index contributed by atoms with van der Waals surface area (Å²) in [7, 11) is 0. The monoisotopic (exact) mass is 138 g/mol. The number of H-pyrrole nitrogens is 1. The van der Waals surface area contributed by atoms with Crippen LogP contribution in [0.2, 0.25) is 0 Å². The van der Waals surface area contributed by atoms with Gasteiger partial charge in [0.05, 0.1) is 11.5 Å². The number of hydrogen-bond donors (Lipinski definition) is 3. The van der Waals surface area contributed by atoms with E-state index in [0.29, 0.717) is 5.84 Å². The summed E-state index contributed by atoms with van der Waals surface area (Å²) in [5.41, 5.74) is 0.920. The maximum atomic E-state index is 7.08. The standard InChI is InChI=1S/C6H10N4/c1-4-3-6(10-9-4)8-5(2)7/h3H,1-2H3,(H3,7,8,9,10). The van der Waals surface area contributed by atoms with Gasteiger partial charge in [-0.05, 0) is 13.8 Å². The Morgan fingerprint density at radius 3 is 2.90 bits per heavy atom. The van der Waals surface area contributed by atoms with Gasteiger partial charge < -0.3 is 5.32 Å². The van der Waals surface area contributed by atoms with E-state index in [1.54, 1.807) is 6.92 Å². The van der Waals surface area contributed by atoms with Crippen molar-refractivity contribution in [2.75, 3.05) is 5.32 Å². The fourth-order valence-electron chi connectivity index (χ4n) is 0.688. The lowest BCUT2D eigenvalue weighted by atomic mass is 10.5. The van der Waals surface area contributed by atoms with E-state index in [1.165, 1.54) is 0 Å². The van der Waals surface area contributed by atoms with Gasteiger partial charge in [0.15, 0.2) is 0 Å². The van der Waals surface area contributed by atoms with Crippen molar-refractivity contribution in [3.63, 3.8) is 0 Å². The van der Waals surface area contributed by atoms with Crippen LogP contribution >= 0.6 is 0 Å². The number of anilines is 1. The molecule has 1 aromatic rings. The van der Waals surface area contributed by atoms with E-state index in [2.05, 4.69) is 15.5 Å². The minimum atomic E-state index is 0.406. The van der Waals surface area contributed by atoms with E-state index < -0.39 is 0 Å². The van der Waals surface area contributed by atoms with Gasteiger partial charge in [-0.1, -0.05) is 0 Å². The van der Waals surface area contributed by atoms with Gasteiger partial charge in [-0.2, -0.15) is 5.10 Å². The lowest BCUT2D eigenvalue weighted by Gasteiger charge is -1.96. The molecule has 1 aromatic heterocycles. The molecule has 1 rings (SSSR count). The fourth-order valence-corrected chi connectivity index (χ4v) is 0.688. The van der Waals surface area contributed by atoms with Crippen LogP contribution in [-0.4, -0.2) is 16.0 Å². The number of aromatic nitrogens is 2. The summed E-state index contributed by atoms with van der Waals surface area (Å²) in [5, 5.41) is 16.5. The zero-order chi connectivity index (χ0) is 7.56. The highest BCUT2D eigenvalue weighted by Gasteiger charge is 1.94. The number of aryl methyl sites for hydroxylation is 1. The highest BCUT2D eigenvalue weighted by molar-refractivity contribution is 5.89. The second-order valence-electron chi connectivity index (χ2n) is 2.17. The van der Waals surface area contributed by atoms with E-state index in [4.69, 9.17) is 5.41 Å². The molecule has 1 heterocycles. The summed E-state index contributed by atoms with van der Waals surface area (Å²) >= 11 is 0. The van der Waals surface area contributed by atoms with Gasteiger partial charge in [0.2, 0.25) is 0 Å². The molecule has 0 aromatic carbocycles. The molecule has 0 aliphatic heterocycles. The predicted molar refractivity (Wildman–Crippen MR) is 40.3 cm³/mol. The summed E-state index contributed by atoms with van der Waals surface area (Å²) < 4.78 is 0. The molecule has 0 aliphatic rings. The Morgan fingerprint density at radius 1 is 1.80 bits per heavy atom. The Bertz CT molecular complexity index is 238. The van der Waals surface area contributed by atoms with Gasteiger partial charge in [-0.25, -0.2) is 0 Å². The van der Waals surface area contributed by atoms with E-state index >= 15 is 0 Å². The molecular weight excluding hydrogens is 128 g/mol. The zero-order valence-corrected chi connectivity index (χ0v) is 6.02. The van der Waals surface area contributed by atoms with Gasteiger partial charge >= 0.3 is 0 Å². The van der Waals surface area contributed by atoms with Gasteiger partial charge in [0, 0.05) is 6.07 Å². The smallest absolute Gasteiger partial charge is 0.126 e. The molecule has 0 saturated carbocycles. The highest BCUT2D eigenvalue weighted by Crippen LogP contribution is 2.02. The quantitative estimate of drug-likeness (QED) is 0.402. The van der Waals surface area contributed by atoms with Crippen molar-refractivity contribution in [2.45, 2.75) is 13.8 Å². The summed E-state index contributed by atoms with van der Waals surface area (Å²) in [5.74, 6) is 1.17. The molecule has 0 unspecified atom stereocenters. The van der Waals surface area contributed by atoms with Crippen LogP contribution in [0.5, 0.6) is 0 Å². The first-order valence-electron chi connectivity index (χ1n) is 3.02. The molecule has 54 valence electrons. The average molecular weight is 138 g/mol. The second kappa shape index (κ2) is 2.51. The minimum Gasteiger partial charge on any atom is -0.330 e. The molecule has 0 atom stereocenters. The van der Waals surface area contributed by atoms with E-state index in [1.807, 2.05) is 13.0 Å². The third kappa shape index (κ3) is 1.58. The molecule has 3 N–H and O–H groups in total. The van der Waals surface area contributed by atoms with E-state index in [-0.39, 0.29) is 0 Å². The fraction of sp³-hybridized carbons (Fsp3) is 0.333. The third-order valence-corrected chi connectivity index (χ3v) is 1.03. The van der Waals surface area contributed by atoms with Crippen molar-refractivity contribution in [2.24, 2.45) is 0 Å². The molecule has 0 aliphatic carbocycles. The first-order valence-corrected chi connectivity index (χ1v) is 3.02. The Kier molecular flexibility index (Phi) is 1.71. The normalized spacial score (nSPS) is 9.40. The van der Waals surface area contributed by atoms with Gasteiger partial charge in [-0.15, -0.1) is 0 Å². The maximum absolute atomic E-state index is 7.08. The van der Waals surface area contributed by atoms with Crippen LogP contribution < -0.4 is 5.32 Å². The van der Waals surface area contributed by atoms with Crippen molar-refractivity contribution < 1.29 is 0 Å². The molecule has 0 fully saturated rings. The molecule has 0 amide bonds. The molecule has 0 saturated heterocycles. The molecule has 0 radical (unpaired) electrons. The SMILES string of the molecule is CC(=N)Nc1cc(C)n[nH]1. The number of amidine groups is 1. The Hall–Kier alpha value is -1.32. The molecule has 4 nitrogen and oxygen atoms in total. The molecular formula is C6H10N4. The molecule has 4 heteroatoms. The van der Waals surface area contributed by atoms with Crippen molar-refractivity contribution in [1.82, 2.24) is 10.2 Å². The predicted octanol–water partition coefficient (Wildman–Crippen LogP) is 1.13. The van der Waals surface area contributed by atoms with E-state index in [0.717, 1.165) is 11.5 Å². The average Bonchev–Trinajstić information content (AvgIpc) is 2.13. The zero-order valence-electron chi connectivity index (χ0n) is 6.02. The lowest BCUT2D eigenvalue weighted by molar-refractivity contribution is 1.05. The lowest BCUT2D eigenvalue weighted by Crippen LogP contribution is -2.04. The summed E-state index contributed by atoms with van der Waals surface area (Å²) in [6.45, 7) is 3.57. The van der Waals surface area contributed by atoms with Crippen molar-refractivity contribution in [3.8, 4) is 0 Å². The molecule has 10 heavy (non-hydrogen) atoms. The van der Waals surface area contributed by atoms with Crippen LogP contribution in [0.1, 0.15) is 12.6 Å². The van der Waals surface area contributed by atoms with E-state index in [9.17, 15) is 0 Å². The van der Waals surface area contributed by atoms with Gasteiger partial charge in [0.25, 0.3) is 0 Å². The number of nitrogens with zero attached hydrogens (tertiary/aromatic N) is 1. The highest BCUT2D eigenvalue weighted by atomic mass is 15.2. The first kappa shape index (κ1) is 6.80. The first-order chi connectivity index (χ1) is 4.68. The second-order valence-corrected chi connectivity index (χ2v) is 2.17. The van der Waals surface area contributed by atoms with Crippen LogP contribution in [-0.2, 0) is 0 Å². The largest absolute Gasteiger partial charge is 0.330 e. The molecule has 0 bridgehead atoms. The van der Waals surface area contributed by atoms with Crippen LogP contribution in [0.15, 0.2) is 6.07 Å². The van der Waals surface area contributed by atoms with Crippen molar-refractivity contribution in [1.29, 1.82) is 5.41 Å². The summed E-state index contributed by atoms with van der Waals surface area (Å²) in [6.07, 6.45) is 0. The van der Waals surface area contributed by atoms with Crippen molar-refractivity contribution in [3.05, 3.63) is 11.8 Å². The van der Waals surface area contributed by atoms with Crippen LogP contribution in [0.3, 0.4) is 0 Å². The van der Waals surface area contributed by atoms with Gasteiger partial charge in [-0.3, -0.25) is 10.5 Å². The van der Waals surface area contributed by atoms with Gasteiger partial charge in [0.1, 0.15) is 5.82 Å². The number of rotatable bonds is 1. The topological polar surface area (TPSA) is 64.6 Å². The number of nitrogens with one attached hydrogen (secondary N) is 3. The third-order valence-electron chi connectivity index (χ3n) is 1.03. The Morgan fingerprint density at radius 2 is 2.50 bits per heavy atom. The van der Waals surface area contributed by atoms with Crippen molar-refractivity contribution >= 4 is 11.7 Å². The van der Waals surface area contributed by atoms with Crippen LogP contribution in [0, 0.1) is 12.3 Å². The summed E-state index contributed by atoms with van der Waals surface area (Å²) in [4.78, 5) is 0.